The molecule has 1 aliphatic rings. The van der Waals surface area contributed by atoms with Gasteiger partial charge in [0.15, 0.2) is 5.82 Å². The van der Waals surface area contributed by atoms with Gasteiger partial charge in [0.1, 0.15) is 0 Å². The third kappa shape index (κ3) is 5.81. The number of hydrogen-bond acceptors (Lipinski definition) is 3. The van der Waals surface area contributed by atoms with Crippen LogP contribution in [0.25, 0.3) is 55.7 Å². The summed E-state index contributed by atoms with van der Waals surface area (Å²) in [5.41, 5.74) is 14.6. The summed E-state index contributed by atoms with van der Waals surface area (Å²) in [6, 6.07) is 70.5. The molecule has 5 heteroatoms. The second-order valence-electron chi connectivity index (χ2n) is 15.8. The maximum atomic E-state index is 4.74. The summed E-state index contributed by atoms with van der Waals surface area (Å²) in [4.78, 5) is 2.25. The number of benzene rings is 8. The van der Waals surface area contributed by atoms with Crippen molar-refractivity contribution in [3.05, 3.63) is 223 Å². The molecule has 10 aromatic rings. The molecule has 0 atom stereocenters. The Morgan fingerprint density at radius 2 is 1.02 bits per heavy atom. The first kappa shape index (κ1) is 35.2. The molecule has 1 aliphatic carbocycles. The first-order valence-corrected chi connectivity index (χ1v) is 20.3. The zero-order chi connectivity index (χ0) is 40.2. The van der Waals surface area contributed by atoms with E-state index in [-0.39, 0.29) is 5.41 Å². The number of para-hydroxylation sites is 5. The largest absolute Gasteiger partial charge is 0.311 e. The highest BCUT2D eigenvalue weighted by molar-refractivity contribution is 6.11. The molecular formula is C55H39N5. The van der Waals surface area contributed by atoms with E-state index in [0.717, 1.165) is 45.4 Å². The number of anilines is 3. The normalized spacial score (nSPS) is 12.5. The van der Waals surface area contributed by atoms with Crippen LogP contribution in [0, 0.1) is 11.8 Å². The summed E-state index contributed by atoms with van der Waals surface area (Å²) < 4.78 is 4.45. The summed E-state index contributed by atoms with van der Waals surface area (Å²) in [6.45, 7) is 4.67. The fraction of sp³-hybridized carbons (Fsp3) is 0.0545. The van der Waals surface area contributed by atoms with Crippen molar-refractivity contribution in [1.82, 2.24) is 19.3 Å². The molecule has 0 radical (unpaired) electrons. The lowest BCUT2D eigenvalue weighted by Gasteiger charge is -2.25. The van der Waals surface area contributed by atoms with Gasteiger partial charge in [0.05, 0.1) is 11.0 Å². The van der Waals surface area contributed by atoms with Crippen LogP contribution < -0.4 is 4.90 Å². The Labute approximate surface area is 349 Å². The summed E-state index contributed by atoms with van der Waals surface area (Å²) >= 11 is 0. The Morgan fingerprint density at radius 1 is 0.450 bits per heavy atom. The van der Waals surface area contributed by atoms with Gasteiger partial charge < -0.3 is 9.47 Å². The molecule has 0 amide bonds. The SMILES string of the molecule is CC1(C)c2cc(C#Cc3nnc(-c4ccc(N(c5ccccc5)c5ccccc5)cc4)n3-c3ccccc3)ccc2-c2cc3c(cc21)c1ccccc1n3-c1ccccc1. The van der Waals surface area contributed by atoms with E-state index in [1.165, 1.54) is 44.1 Å². The highest BCUT2D eigenvalue weighted by atomic mass is 15.3. The Morgan fingerprint density at radius 3 is 1.68 bits per heavy atom. The van der Waals surface area contributed by atoms with Crippen LogP contribution in [-0.2, 0) is 5.41 Å². The number of aromatic nitrogens is 4. The monoisotopic (exact) mass is 769 g/mol. The van der Waals surface area contributed by atoms with Crippen LogP contribution >= 0.6 is 0 Å². The molecule has 0 N–H and O–H groups in total. The first-order valence-electron chi connectivity index (χ1n) is 20.3. The third-order valence-corrected chi connectivity index (χ3v) is 11.9. The average Bonchev–Trinajstić information content (AvgIpc) is 3.94. The van der Waals surface area contributed by atoms with Crippen LogP contribution in [0.3, 0.4) is 0 Å². The molecule has 2 heterocycles. The molecule has 60 heavy (non-hydrogen) atoms. The van der Waals surface area contributed by atoms with E-state index in [1.807, 2.05) is 30.3 Å². The zero-order valence-corrected chi connectivity index (χ0v) is 33.3. The van der Waals surface area contributed by atoms with E-state index in [9.17, 15) is 0 Å². The Kier molecular flexibility index (Phi) is 8.32. The van der Waals surface area contributed by atoms with Crippen LogP contribution in [0.2, 0.25) is 0 Å². The number of fused-ring (bicyclic) bond motifs is 6. The summed E-state index contributed by atoms with van der Waals surface area (Å²) in [7, 11) is 0. The number of rotatable bonds is 6. The Hall–Kier alpha value is -7.94. The average molecular weight is 770 g/mol. The quantitative estimate of drug-likeness (QED) is 0.158. The standard InChI is InChI=1S/C55H39N5/c1-55(2)49-35-38(27-33-45(49)47-37-52-48(36-50(47)55)46-25-15-16-26-51(46)59(52)42-21-11-5-12-22-42)28-34-53-56-57-54(60(53)43-23-13-6-14-24-43)39-29-31-44(32-30-39)58(40-17-7-3-8-18-40)41-19-9-4-10-20-41/h3-27,29-33,35-37H,1-2H3. The van der Waals surface area contributed by atoms with E-state index in [4.69, 9.17) is 5.10 Å². The molecule has 0 bridgehead atoms. The number of hydrogen-bond donors (Lipinski definition) is 0. The van der Waals surface area contributed by atoms with E-state index in [2.05, 4.69) is 215 Å². The van der Waals surface area contributed by atoms with Crippen LogP contribution in [0.15, 0.2) is 200 Å². The maximum Gasteiger partial charge on any atom is 0.213 e. The van der Waals surface area contributed by atoms with Crippen molar-refractivity contribution < 1.29 is 0 Å². The van der Waals surface area contributed by atoms with Gasteiger partial charge in [0.2, 0.25) is 5.82 Å². The fourth-order valence-corrected chi connectivity index (χ4v) is 8.99. The summed E-state index contributed by atoms with van der Waals surface area (Å²) in [6.07, 6.45) is 0. The lowest BCUT2D eigenvalue weighted by atomic mass is 9.81. The Balaban J connectivity index is 0.970. The number of nitrogens with zero attached hydrogens (tertiary/aromatic N) is 5. The predicted molar refractivity (Wildman–Crippen MR) is 246 cm³/mol. The molecule has 5 nitrogen and oxygen atoms in total. The minimum absolute atomic E-state index is 0.216. The van der Waals surface area contributed by atoms with E-state index in [0.29, 0.717) is 5.82 Å². The van der Waals surface area contributed by atoms with Gasteiger partial charge in [0.25, 0.3) is 0 Å². The summed E-state index contributed by atoms with van der Waals surface area (Å²) in [5, 5.41) is 11.9. The Bertz CT molecular complexity index is 3220. The second kappa shape index (κ2) is 14.2. The van der Waals surface area contributed by atoms with E-state index >= 15 is 0 Å². The van der Waals surface area contributed by atoms with Gasteiger partial charge in [-0.15, -0.1) is 10.2 Å². The van der Waals surface area contributed by atoms with Crippen molar-refractivity contribution in [2.45, 2.75) is 19.3 Å². The van der Waals surface area contributed by atoms with Crippen LogP contribution in [-0.4, -0.2) is 19.3 Å². The van der Waals surface area contributed by atoms with Gasteiger partial charge in [-0.1, -0.05) is 117 Å². The van der Waals surface area contributed by atoms with Crippen molar-refractivity contribution in [2.75, 3.05) is 4.90 Å². The highest BCUT2D eigenvalue weighted by Gasteiger charge is 2.36. The van der Waals surface area contributed by atoms with Crippen molar-refractivity contribution in [3.8, 4) is 45.7 Å². The van der Waals surface area contributed by atoms with Gasteiger partial charge in [-0.25, -0.2) is 0 Å². The van der Waals surface area contributed by atoms with Gasteiger partial charge in [-0.05, 0) is 131 Å². The smallest absolute Gasteiger partial charge is 0.213 e. The van der Waals surface area contributed by atoms with Crippen molar-refractivity contribution in [2.24, 2.45) is 0 Å². The molecule has 0 unspecified atom stereocenters. The molecule has 284 valence electrons. The maximum absolute atomic E-state index is 4.74. The third-order valence-electron chi connectivity index (χ3n) is 11.9. The molecule has 0 aliphatic heterocycles. The van der Waals surface area contributed by atoms with Gasteiger partial charge in [-0.2, -0.15) is 0 Å². The zero-order valence-electron chi connectivity index (χ0n) is 33.3. The lowest BCUT2D eigenvalue weighted by Crippen LogP contribution is -2.15. The minimum atomic E-state index is -0.216. The van der Waals surface area contributed by atoms with E-state index < -0.39 is 0 Å². The highest BCUT2D eigenvalue weighted by Crippen LogP contribution is 2.51. The molecule has 0 fully saturated rings. The van der Waals surface area contributed by atoms with Gasteiger partial charge in [-0.3, -0.25) is 4.57 Å². The molecule has 2 aromatic heterocycles. The lowest BCUT2D eigenvalue weighted by molar-refractivity contribution is 0.661. The second-order valence-corrected chi connectivity index (χ2v) is 15.8. The van der Waals surface area contributed by atoms with Crippen molar-refractivity contribution in [1.29, 1.82) is 0 Å². The molecule has 0 saturated heterocycles. The molecule has 0 saturated carbocycles. The van der Waals surface area contributed by atoms with Crippen LogP contribution in [0.1, 0.15) is 36.4 Å². The van der Waals surface area contributed by atoms with Gasteiger partial charge in [0, 0.05) is 55.8 Å². The fourth-order valence-electron chi connectivity index (χ4n) is 8.99. The summed E-state index contributed by atoms with van der Waals surface area (Å²) in [5.74, 6) is 8.22. The van der Waals surface area contributed by atoms with Crippen LogP contribution in [0.5, 0.6) is 0 Å². The van der Waals surface area contributed by atoms with E-state index in [1.54, 1.807) is 0 Å². The minimum Gasteiger partial charge on any atom is -0.311 e. The van der Waals surface area contributed by atoms with Gasteiger partial charge >= 0.3 is 0 Å². The molecule has 0 spiro atoms. The molecular weight excluding hydrogens is 731 g/mol. The predicted octanol–water partition coefficient (Wildman–Crippen LogP) is 13.2. The first-order chi connectivity index (χ1) is 29.5. The topological polar surface area (TPSA) is 38.9 Å². The molecule has 8 aromatic carbocycles. The van der Waals surface area contributed by atoms with Crippen molar-refractivity contribution >= 4 is 38.9 Å². The molecule has 11 rings (SSSR count). The van der Waals surface area contributed by atoms with Crippen LogP contribution in [0.4, 0.5) is 17.1 Å². The van der Waals surface area contributed by atoms with Crippen molar-refractivity contribution in [3.63, 3.8) is 0 Å².